The van der Waals surface area contributed by atoms with Crippen LogP contribution >= 0.6 is 0 Å². The highest BCUT2D eigenvalue weighted by Crippen LogP contribution is 2.49. The lowest BCUT2D eigenvalue weighted by Crippen LogP contribution is -2.49. The van der Waals surface area contributed by atoms with Crippen molar-refractivity contribution in [3.63, 3.8) is 0 Å². The normalized spacial score (nSPS) is 21.5. The summed E-state index contributed by atoms with van der Waals surface area (Å²) >= 11 is 0. The van der Waals surface area contributed by atoms with Crippen LogP contribution < -0.4 is 15.0 Å². The first-order chi connectivity index (χ1) is 16.9. The largest absolute Gasteiger partial charge is 0.497 e. The Hall–Kier alpha value is -3.53. The first-order valence-corrected chi connectivity index (χ1v) is 12.7. The van der Waals surface area contributed by atoms with Gasteiger partial charge in [0, 0.05) is 27.8 Å². The minimum absolute atomic E-state index is 0.0139. The molecule has 1 N–H and O–H groups in total. The molecule has 1 amide bonds. The molecule has 1 atom stereocenters. The average molecular weight is 481 g/mol. The van der Waals surface area contributed by atoms with Crippen molar-refractivity contribution in [1.29, 1.82) is 0 Å². The number of ether oxygens (including phenoxy) is 1. The smallest absolute Gasteiger partial charge is 0.259 e. The van der Waals surface area contributed by atoms with E-state index in [2.05, 4.69) is 95.4 Å². The molecule has 0 bridgehead atoms. The molecule has 0 aromatic heterocycles. The molecular formula is C32H36N2O2. The second-order valence-electron chi connectivity index (χ2n) is 11.6. The van der Waals surface area contributed by atoms with Crippen molar-refractivity contribution in [3.05, 3.63) is 95.1 Å². The monoisotopic (exact) mass is 480 g/mol. The summed E-state index contributed by atoms with van der Waals surface area (Å²) in [5.74, 6) is 0.726. The number of rotatable bonds is 3. The van der Waals surface area contributed by atoms with Gasteiger partial charge in [0.2, 0.25) is 0 Å². The van der Waals surface area contributed by atoms with Gasteiger partial charge in [-0.3, -0.25) is 9.69 Å². The topological polar surface area (TPSA) is 41.6 Å². The Labute approximate surface area is 215 Å². The number of carbonyl (C=O) groups excluding carboxylic acids is 1. The van der Waals surface area contributed by atoms with E-state index in [9.17, 15) is 4.79 Å². The van der Waals surface area contributed by atoms with E-state index in [0.29, 0.717) is 5.56 Å². The molecule has 3 aromatic carbocycles. The van der Waals surface area contributed by atoms with Crippen LogP contribution in [0.1, 0.15) is 75.0 Å². The molecular weight excluding hydrogens is 444 g/mol. The molecule has 0 saturated carbocycles. The standard InChI is InChI=1S/C32H36N2O2/c1-21-19-31(4,5)34(29(35)22-12-15-24(36-7)16-13-22)28-17-14-23(18-25(21)28)32(6)20-30(2,3)33-27-11-9-8-10-26(27)32/h8-19,33H,20H2,1-7H3/t32-/m1/s1. The first-order valence-electron chi connectivity index (χ1n) is 12.7. The van der Waals surface area contributed by atoms with Gasteiger partial charge < -0.3 is 10.1 Å². The third kappa shape index (κ3) is 3.89. The maximum absolute atomic E-state index is 13.8. The molecule has 4 nitrogen and oxygen atoms in total. The summed E-state index contributed by atoms with van der Waals surface area (Å²) in [7, 11) is 1.63. The predicted molar refractivity (Wildman–Crippen MR) is 149 cm³/mol. The zero-order chi connectivity index (χ0) is 25.9. The van der Waals surface area contributed by atoms with Crippen molar-refractivity contribution in [2.45, 2.75) is 64.5 Å². The molecule has 2 aliphatic heterocycles. The maximum Gasteiger partial charge on any atom is 0.259 e. The molecule has 0 spiro atoms. The minimum Gasteiger partial charge on any atom is -0.497 e. The van der Waals surface area contributed by atoms with Gasteiger partial charge in [-0.15, -0.1) is 0 Å². The van der Waals surface area contributed by atoms with Gasteiger partial charge in [0.15, 0.2) is 0 Å². The van der Waals surface area contributed by atoms with Crippen LogP contribution in [0.5, 0.6) is 5.75 Å². The number of nitrogens with zero attached hydrogens (tertiary/aromatic N) is 1. The number of hydrogen-bond acceptors (Lipinski definition) is 3. The van der Waals surface area contributed by atoms with Crippen LogP contribution in [0.15, 0.2) is 72.8 Å². The van der Waals surface area contributed by atoms with Gasteiger partial charge in [-0.25, -0.2) is 0 Å². The third-order valence-corrected chi connectivity index (χ3v) is 7.78. The molecule has 2 aliphatic rings. The summed E-state index contributed by atoms with van der Waals surface area (Å²) in [6.45, 7) is 13.2. The Bertz CT molecular complexity index is 1370. The van der Waals surface area contributed by atoms with Crippen LogP contribution in [0.2, 0.25) is 0 Å². The van der Waals surface area contributed by atoms with E-state index in [4.69, 9.17) is 4.74 Å². The predicted octanol–water partition coefficient (Wildman–Crippen LogP) is 7.44. The lowest BCUT2D eigenvalue weighted by atomic mass is 9.65. The number of hydrogen-bond donors (Lipinski definition) is 1. The zero-order valence-corrected chi connectivity index (χ0v) is 22.4. The summed E-state index contributed by atoms with van der Waals surface area (Å²) in [6, 6.07) is 22.7. The van der Waals surface area contributed by atoms with Crippen molar-refractivity contribution >= 4 is 22.9 Å². The number of allylic oxidation sites excluding steroid dienone is 1. The summed E-state index contributed by atoms with van der Waals surface area (Å²) in [6.07, 6.45) is 3.18. The Morgan fingerprint density at radius 2 is 1.64 bits per heavy atom. The SMILES string of the molecule is COc1ccc(C(=O)N2c3ccc([C@@]4(C)CC(C)(C)Nc5ccccc54)cc3C(C)=CC2(C)C)cc1. The second-order valence-corrected chi connectivity index (χ2v) is 11.6. The van der Waals surface area contributed by atoms with E-state index in [1.165, 1.54) is 22.4 Å². The zero-order valence-electron chi connectivity index (χ0n) is 22.4. The fourth-order valence-corrected chi connectivity index (χ4v) is 6.33. The first kappa shape index (κ1) is 24.2. The minimum atomic E-state index is -0.455. The Morgan fingerprint density at radius 3 is 2.33 bits per heavy atom. The molecule has 2 heterocycles. The third-order valence-electron chi connectivity index (χ3n) is 7.78. The summed E-state index contributed by atoms with van der Waals surface area (Å²) in [5, 5.41) is 3.72. The number of nitrogens with one attached hydrogen (secondary N) is 1. The van der Waals surface area contributed by atoms with Gasteiger partial charge in [0.05, 0.1) is 18.3 Å². The number of para-hydroxylation sites is 1. The number of benzene rings is 3. The molecule has 0 unspecified atom stereocenters. The Kier molecular flexibility index (Phi) is 5.55. The van der Waals surface area contributed by atoms with E-state index in [-0.39, 0.29) is 16.9 Å². The Morgan fingerprint density at radius 1 is 0.944 bits per heavy atom. The van der Waals surface area contributed by atoms with Crippen LogP contribution in [0.3, 0.4) is 0 Å². The van der Waals surface area contributed by atoms with E-state index >= 15 is 0 Å². The molecule has 4 heteroatoms. The Balaban J connectivity index is 1.62. The van der Waals surface area contributed by atoms with Crippen LogP contribution in [0, 0.1) is 0 Å². The number of methoxy groups -OCH3 is 1. The van der Waals surface area contributed by atoms with Gasteiger partial charge in [0.1, 0.15) is 5.75 Å². The van der Waals surface area contributed by atoms with Crippen molar-refractivity contribution in [2.24, 2.45) is 0 Å². The quantitative estimate of drug-likeness (QED) is 0.424. The molecule has 36 heavy (non-hydrogen) atoms. The summed E-state index contributed by atoms with van der Waals surface area (Å²) in [5.41, 5.74) is 7.04. The fraction of sp³-hybridized carbons (Fsp3) is 0.344. The van der Waals surface area contributed by atoms with E-state index in [1.807, 2.05) is 29.2 Å². The van der Waals surface area contributed by atoms with Gasteiger partial charge in [-0.2, -0.15) is 0 Å². The molecule has 0 aliphatic carbocycles. The van der Waals surface area contributed by atoms with Crippen LogP contribution in [-0.2, 0) is 5.41 Å². The number of anilines is 2. The highest BCUT2D eigenvalue weighted by Gasteiger charge is 2.43. The lowest BCUT2D eigenvalue weighted by Gasteiger charge is -2.47. The molecule has 186 valence electrons. The van der Waals surface area contributed by atoms with Crippen molar-refractivity contribution in [3.8, 4) is 5.75 Å². The molecule has 5 rings (SSSR count). The van der Waals surface area contributed by atoms with E-state index in [0.717, 1.165) is 23.4 Å². The van der Waals surface area contributed by atoms with E-state index < -0.39 is 5.54 Å². The van der Waals surface area contributed by atoms with Gasteiger partial charge >= 0.3 is 0 Å². The van der Waals surface area contributed by atoms with Crippen molar-refractivity contribution in [1.82, 2.24) is 0 Å². The molecule has 0 radical (unpaired) electrons. The fourth-order valence-electron chi connectivity index (χ4n) is 6.33. The van der Waals surface area contributed by atoms with Gasteiger partial charge in [-0.05, 0) is 100 Å². The molecule has 3 aromatic rings. The highest BCUT2D eigenvalue weighted by atomic mass is 16.5. The summed E-state index contributed by atoms with van der Waals surface area (Å²) in [4.78, 5) is 15.8. The highest BCUT2D eigenvalue weighted by molar-refractivity contribution is 6.10. The second kappa shape index (κ2) is 8.26. The van der Waals surface area contributed by atoms with E-state index in [1.54, 1.807) is 7.11 Å². The molecule has 0 fully saturated rings. The van der Waals surface area contributed by atoms with Gasteiger partial charge in [0.25, 0.3) is 5.91 Å². The van der Waals surface area contributed by atoms with Crippen LogP contribution in [-0.4, -0.2) is 24.1 Å². The van der Waals surface area contributed by atoms with Crippen LogP contribution in [0.4, 0.5) is 11.4 Å². The van der Waals surface area contributed by atoms with Crippen molar-refractivity contribution in [2.75, 3.05) is 17.3 Å². The van der Waals surface area contributed by atoms with Crippen LogP contribution in [0.25, 0.3) is 5.57 Å². The lowest BCUT2D eigenvalue weighted by molar-refractivity contribution is 0.0970. The average Bonchev–Trinajstić information content (AvgIpc) is 2.82. The molecule has 0 saturated heterocycles. The number of fused-ring (bicyclic) bond motifs is 2. The summed E-state index contributed by atoms with van der Waals surface area (Å²) < 4.78 is 5.29. The number of carbonyl (C=O) groups is 1. The van der Waals surface area contributed by atoms with Crippen molar-refractivity contribution < 1.29 is 9.53 Å². The number of amides is 1. The maximum atomic E-state index is 13.8. The van der Waals surface area contributed by atoms with Gasteiger partial charge in [-0.1, -0.05) is 37.3 Å².